The zero-order valence-electron chi connectivity index (χ0n) is 11.3. The minimum Gasteiger partial charge on any atom is -0.336 e. The van der Waals surface area contributed by atoms with Crippen molar-refractivity contribution in [3.05, 3.63) is 29.3 Å². The van der Waals surface area contributed by atoms with Crippen molar-refractivity contribution in [2.24, 2.45) is 0 Å². The van der Waals surface area contributed by atoms with Gasteiger partial charge in [0.25, 0.3) is 11.7 Å². The van der Waals surface area contributed by atoms with Gasteiger partial charge >= 0.3 is 0 Å². The molecule has 3 rings (SSSR count). The standard InChI is InChI=1S/C12H13NO3.C2H6/c1-8-4-3-5-9-10(8)13(2)11(14)12(9)15-6-7-16-12;1-2/h3-5H,6-7H2,1-2H3;1-2H3. The zero-order chi connectivity index (χ0) is 13.3. The Morgan fingerprint density at radius 2 is 1.83 bits per heavy atom. The monoisotopic (exact) mass is 249 g/mol. The Hall–Kier alpha value is -1.39. The van der Waals surface area contributed by atoms with Crippen LogP contribution in [0.5, 0.6) is 0 Å². The number of para-hydroxylation sites is 1. The van der Waals surface area contributed by atoms with E-state index in [1.54, 1.807) is 11.9 Å². The van der Waals surface area contributed by atoms with E-state index < -0.39 is 5.79 Å². The molecule has 0 bridgehead atoms. The molecule has 1 aromatic carbocycles. The Bertz CT molecular complexity index is 464. The fraction of sp³-hybridized carbons (Fsp3) is 0.500. The van der Waals surface area contributed by atoms with E-state index in [0.717, 1.165) is 16.8 Å². The molecule has 0 atom stereocenters. The van der Waals surface area contributed by atoms with Gasteiger partial charge in [0.1, 0.15) is 0 Å². The number of aryl methyl sites for hydroxylation is 1. The van der Waals surface area contributed by atoms with Gasteiger partial charge in [-0.3, -0.25) is 4.79 Å². The van der Waals surface area contributed by atoms with Gasteiger partial charge in [0.15, 0.2) is 0 Å². The molecule has 1 aromatic rings. The number of rotatable bonds is 0. The van der Waals surface area contributed by atoms with Crippen LogP contribution >= 0.6 is 0 Å². The van der Waals surface area contributed by atoms with Crippen LogP contribution in [0.3, 0.4) is 0 Å². The third kappa shape index (κ3) is 1.56. The van der Waals surface area contributed by atoms with Crippen molar-refractivity contribution >= 4 is 11.6 Å². The van der Waals surface area contributed by atoms with E-state index in [4.69, 9.17) is 9.47 Å². The summed E-state index contributed by atoms with van der Waals surface area (Å²) < 4.78 is 11.1. The maximum atomic E-state index is 12.2. The molecule has 0 aliphatic carbocycles. The molecule has 0 unspecified atom stereocenters. The molecular formula is C14H19NO3. The van der Waals surface area contributed by atoms with Crippen LogP contribution < -0.4 is 4.90 Å². The minimum atomic E-state index is -1.17. The van der Waals surface area contributed by atoms with E-state index in [9.17, 15) is 4.79 Å². The summed E-state index contributed by atoms with van der Waals surface area (Å²) in [6.07, 6.45) is 0. The predicted molar refractivity (Wildman–Crippen MR) is 69.5 cm³/mol. The van der Waals surface area contributed by atoms with Gasteiger partial charge < -0.3 is 14.4 Å². The molecule has 1 spiro atoms. The SMILES string of the molecule is CC.Cc1cccc2c1N(C)C(=O)C21OCCO1. The number of hydrogen-bond acceptors (Lipinski definition) is 3. The molecule has 4 nitrogen and oxygen atoms in total. The second-order valence-corrected chi connectivity index (χ2v) is 4.15. The molecule has 1 fully saturated rings. The second kappa shape index (κ2) is 4.71. The van der Waals surface area contributed by atoms with Crippen molar-refractivity contribution < 1.29 is 14.3 Å². The highest BCUT2D eigenvalue weighted by Crippen LogP contribution is 2.46. The van der Waals surface area contributed by atoms with Gasteiger partial charge in [-0.15, -0.1) is 0 Å². The van der Waals surface area contributed by atoms with E-state index in [2.05, 4.69) is 0 Å². The van der Waals surface area contributed by atoms with Crippen LogP contribution in [0.2, 0.25) is 0 Å². The summed E-state index contributed by atoms with van der Waals surface area (Å²) in [5, 5.41) is 0. The normalized spacial score (nSPS) is 19.8. The number of carbonyl (C=O) groups is 1. The summed E-state index contributed by atoms with van der Waals surface area (Å²) >= 11 is 0. The fourth-order valence-electron chi connectivity index (χ4n) is 2.50. The van der Waals surface area contributed by atoms with E-state index in [1.807, 2.05) is 39.0 Å². The molecule has 18 heavy (non-hydrogen) atoms. The van der Waals surface area contributed by atoms with E-state index in [0.29, 0.717) is 13.2 Å². The summed E-state index contributed by atoms with van der Waals surface area (Å²) in [5.41, 5.74) is 2.80. The Morgan fingerprint density at radius 1 is 1.22 bits per heavy atom. The van der Waals surface area contributed by atoms with Crippen LogP contribution in [0.4, 0.5) is 5.69 Å². The molecule has 1 amide bonds. The fourth-order valence-corrected chi connectivity index (χ4v) is 2.50. The largest absolute Gasteiger partial charge is 0.336 e. The van der Waals surface area contributed by atoms with Crippen molar-refractivity contribution in [3.8, 4) is 0 Å². The molecule has 0 radical (unpaired) electrons. The number of nitrogens with zero attached hydrogens (tertiary/aromatic N) is 1. The van der Waals surface area contributed by atoms with Crippen LogP contribution in [0, 0.1) is 6.92 Å². The molecular weight excluding hydrogens is 230 g/mol. The first-order valence-electron chi connectivity index (χ1n) is 6.33. The van der Waals surface area contributed by atoms with E-state index in [-0.39, 0.29) is 5.91 Å². The number of anilines is 1. The second-order valence-electron chi connectivity index (χ2n) is 4.15. The van der Waals surface area contributed by atoms with Crippen LogP contribution in [-0.2, 0) is 20.1 Å². The molecule has 4 heteroatoms. The zero-order valence-corrected chi connectivity index (χ0v) is 11.3. The average Bonchev–Trinajstić information content (AvgIpc) is 2.96. The van der Waals surface area contributed by atoms with Gasteiger partial charge in [-0.1, -0.05) is 32.0 Å². The van der Waals surface area contributed by atoms with Crippen LogP contribution in [0.15, 0.2) is 18.2 Å². The lowest BCUT2D eigenvalue weighted by molar-refractivity contribution is -0.180. The quantitative estimate of drug-likeness (QED) is 0.707. The lowest BCUT2D eigenvalue weighted by Crippen LogP contribution is -2.39. The highest BCUT2D eigenvalue weighted by molar-refractivity contribution is 6.06. The summed E-state index contributed by atoms with van der Waals surface area (Å²) in [4.78, 5) is 13.8. The van der Waals surface area contributed by atoms with Crippen molar-refractivity contribution in [3.63, 3.8) is 0 Å². The first kappa shape index (κ1) is 13.1. The number of hydrogen-bond donors (Lipinski definition) is 0. The highest BCUT2D eigenvalue weighted by Gasteiger charge is 2.55. The summed E-state index contributed by atoms with van der Waals surface area (Å²) in [7, 11) is 1.76. The van der Waals surface area contributed by atoms with Crippen LogP contribution in [0.1, 0.15) is 25.0 Å². The molecule has 1 saturated heterocycles. The van der Waals surface area contributed by atoms with Gasteiger partial charge in [0.05, 0.1) is 18.9 Å². The predicted octanol–water partition coefficient (Wildman–Crippen LogP) is 2.20. The Labute approximate surface area is 107 Å². The summed E-state index contributed by atoms with van der Waals surface area (Å²) in [6.45, 7) is 6.91. The number of fused-ring (bicyclic) bond motifs is 2. The first-order valence-corrected chi connectivity index (χ1v) is 6.33. The number of benzene rings is 1. The van der Waals surface area contributed by atoms with Gasteiger partial charge in [-0.2, -0.15) is 0 Å². The van der Waals surface area contributed by atoms with Gasteiger partial charge in [-0.05, 0) is 12.5 Å². The third-order valence-electron chi connectivity index (χ3n) is 3.21. The van der Waals surface area contributed by atoms with Gasteiger partial charge in [-0.25, -0.2) is 0 Å². The molecule has 0 aromatic heterocycles. The summed E-state index contributed by atoms with van der Waals surface area (Å²) in [5.74, 6) is -1.30. The molecule has 2 aliphatic rings. The van der Waals surface area contributed by atoms with Crippen molar-refractivity contribution in [1.29, 1.82) is 0 Å². The molecule has 98 valence electrons. The van der Waals surface area contributed by atoms with Crippen LogP contribution in [0.25, 0.3) is 0 Å². The maximum absolute atomic E-state index is 12.2. The molecule has 0 saturated carbocycles. The Balaban J connectivity index is 0.000000574. The number of ether oxygens (including phenoxy) is 2. The highest BCUT2D eigenvalue weighted by atomic mass is 16.7. The van der Waals surface area contributed by atoms with Crippen molar-refractivity contribution in [2.45, 2.75) is 26.6 Å². The molecule has 0 N–H and O–H groups in total. The summed E-state index contributed by atoms with van der Waals surface area (Å²) in [6, 6.07) is 5.80. The molecule has 2 heterocycles. The van der Waals surface area contributed by atoms with Crippen molar-refractivity contribution in [2.75, 3.05) is 25.2 Å². The first-order chi connectivity index (χ1) is 8.67. The lowest BCUT2D eigenvalue weighted by Gasteiger charge is -2.20. The number of carbonyl (C=O) groups excluding carboxylic acids is 1. The smallest absolute Gasteiger partial charge is 0.292 e. The third-order valence-corrected chi connectivity index (χ3v) is 3.21. The maximum Gasteiger partial charge on any atom is 0.292 e. The lowest BCUT2D eigenvalue weighted by atomic mass is 10.0. The van der Waals surface area contributed by atoms with Gasteiger partial charge in [0.2, 0.25) is 0 Å². The Kier molecular flexibility index (Phi) is 3.41. The van der Waals surface area contributed by atoms with E-state index in [1.165, 1.54) is 0 Å². The number of amides is 1. The van der Waals surface area contributed by atoms with Crippen LogP contribution in [-0.4, -0.2) is 26.2 Å². The average molecular weight is 249 g/mol. The van der Waals surface area contributed by atoms with Crippen molar-refractivity contribution in [1.82, 2.24) is 0 Å². The van der Waals surface area contributed by atoms with Gasteiger partial charge in [0, 0.05) is 12.6 Å². The minimum absolute atomic E-state index is 0.130. The molecule has 2 aliphatic heterocycles. The topological polar surface area (TPSA) is 38.8 Å². The number of likely N-dealkylation sites (N-methyl/N-ethyl adjacent to an activating group) is 1. The van der Waals surface area contributed by atoms with E-state index >= 15 is 0 Å². The Morgan fingerprint density at radius 3 is 2.44 bits per heavy atom.